The van der Waals surface area contributed by atoms with Crippen LogP contribution in [0.15, 0.2) is 73.1 Å². The maximum absolute atomic E-state index is 12.5. The molecule has 1 N–H and O–H groups in total. The summed E-state index contributed by atoms with van der Waals surface area (Å²) in [6, 6.07) is 19.1. The molecule has 4 heteroatoms. The molecular weight excluding hydrogens is 286 g/mol. The Hall–Kier alpha value is -3.27. The van der Waals surface area contributed by atoms with Crippen molar-refractivity contribution in [3.05, 3.63) is 78.6 Å². The lowest BCUT2D eigenvalue weighted by Gasteiger charge is -2.12. The Balaban J connectivity index is 1.91. The number of hydrogen-bond donors (Lipinski definition) is 1. The van der Waals surface area contributed by atoms with Crippen LogP contribution in [0.25, 0.3) is 21.8 Å². The van der Waals surface area contributed by atoms with E-state index < -0.39 is 0 Å². The van der Waals surface area contributed by atoms with Gasteiger partial charge in [-0.15, -0.1) is 0 Å². The first-order chi connectivity index (χ1) is 11.3. The highest BCUT2D eigenvalue weighted by molar-refractivity contribution is 6.15. The molecule has 4 nitrogen and oxygen atoms in total. The highest BCUT2D eigenvalue weighted by Gasteiger charge is 2.12. The van der Waals surface area contributed by atoms with E-state index in [-0.39, 0.29) is 5.91 Å². The highest BCUT2D eigenvalue weighted by atomic mass is 16.1. The molecule has 0 bridgehead atoms. The lowest BCUT2D eigenvalue weighted by Crippen LogP contribution is -2.13. The zero-order valence-electron chi connectivity index (χ0n) is 12.2. The zero-order chi connectivity index (χ0) is 15.6. The molecule has 0 aliphatic carbocycles. The van der Waals surface area contributed by atoms with Crippen molar-refractivity contribution in [3.8, 4) is 0 Å². The van der Waals surface area contributed by atoms with Crippen molar-refractivity contribution in [3.63, 3.8) is 0 Å². The van der Waals surface area contributed by atoms with Crippen molar-refractivity contribution in [2.24, 2.45) is 0 Å². The smallest absolute Gasteiger partial charge is 0.257 e. The molecule has 0 saturated heterocycles. The van der Waals surface area contributed by atoms with E-state index in [0.717, 1.165) is 27.5 Å². The summed E-state index contributed by atoms with van der Waals surface area (Å²) in [5, 5.41) is 4.86. The van der Waals surface area contributed by atoms with Gasteiger partial charge >= 0.3 is 0 Å². The van der Waals surface area contributed by atoms with E-state index in [1.165, 1.54) is 0 Å². The Labute approximate surface area is 132 Å². The Morgan fingerprint density at radius 1 is 0.826 bits per heavy atom. The first-order valence-electron chi connectivity index (χ1n) is 7.32. The molecule has 0 aliphatic rings. The first kappa shape index (κ1) is 13.4. The number of carbonyl (C=O) groups is 1. The largest absolute Gasteiger partial charge is 0.321 e. The second-order valence-corrected chi connectivity index (χ2v) is 5.22. The van der Waals surface area contributed by atoms with Gasteiger partial charge in [-0.05, 0) is 24.3 Å². The Morgan fingerprint density at radius 3 is 2.09 bits per heavy atom. The number of hydrogen-bond acceptors (Lipinski definition) is 3. The number of aromatic nitrogens is 2. The van der Waals surface area contributed by atoms with Gasteiger partial charge in [0.1, 0.15) is 0 Å². The minimum atomic E-state index is -0.181. The molecule has 110 valence electrons. The molecule has 0 spiro atoms. The topological polar surface area (TPSA) is 54.9 Å². The maximum Gasteiger partial charge on any atom is 0.257 e. The third kappa shape index (κ3) is 2.40. The molecule has 2 heterocycles. The van der Waals surface area contributed by atoms with Crippen molar-refractivity contribution >= 4 is 33.4 Å². The number of pyridine rings is 2. The van der Waals surface area contributed by atoms with E-state index in [1.807, 2.05) is 48.5 Å². The van der Waals surface area contributed by atoms with Crippen LogP contribution in [0.1, 0.15) is 10.4 Å². The van der Waals surface area contributed by atoms with Gasteiger partial charge in [-0.1, -0.05) is 36.4 Å². The molecule has 0 unspecified atom stereocenters. The van der Waals surface area contributed by atoms with Crippen molar-refractivity contribution in [2.45, 2.75) is 0 Å². The van der Waals surface area contributed by atoms with Crippen LogP contribution in [0.2, 0.25) is 0 Å². The number of fused-ring (bicyclic) bond motifs is 2. The summed E-state index contributed by atoms with van der Waals surface area (Å²) >= 11 is 0. The number of amides is 1. The summed E-state index contributed by atoms with van der Waals surface area (Å²) in [6.45, 7) is 0. The van der Waals surface area contributed by atoms with E-state index in [9.17, 15) is 4.79 Å². The molecule has 0 aliphatic heterocycles. The summed E-state index contributed by atoms with van der Waals surface area (Å²) in [7, 11) is 0. The molecule has 0 fully saturated rings. The van der Waals surface area contributed by atoms with E-state index >= 15 is 0 Å². The number of nitrogens with zero attached hydrogens (tertiary/aromatic N) is 2. The van der Waals surface area contributed by atoms with Gasteiger partial charge in [0.15, 0.2) is 0 Å². The molecule has 2 aromatic carbocycles. The van der Waals surface area contributed by atoms with E-state index in [2.05, 4.69) is 15.3 Å². The van der Waals surface area contributed by atoms with Crippen LogP contribution in [0, 0.1) is 0 Å². The van der Waals surface area contributed by atoms with Gasteiger partial charge in [-0.25, -0.2) is 4.98 Å². The fourth-order valence-electron chi connectivity index (χ4n) is 2.66. The number of benzene rings is 2. The van der Waals surface area contributed by atoms with Gasteiger partial charge in [0.2, 0.25) is 0 Å². The summed E-state index contributed by atoms with van der Waals surface area (Å²) in [4.78, 5) is 21.2. The molecular formula is C19H13N3O. The first-order valence-corrected chi connectivity index (χ1v) is 7.32. The summed E-state index contributed by atoms with van der Waals surface area (Å²) in [5.41, 5.74) is 3.01. The number of anilines is 1. The molecule has 4 aromatic rings. The second-order valence-electron chi connectivity index (χ2n) is 5.22. The van der Waals surface area contributed by atoms with Crippen LogP contribution in [0.4, 0.5) is 5.69 Å². The van der Waals surface area contributed by atoms with Gasteiger partial charge in [-0.2, -0.15) is 0 Å². The standard InChI is InChI=1S/C19H13N3O/c23-19(13-6-5-11-20-12-13)22-18-14-7-1-3-9-16(14)21-17-10-4-2-8-15(17)18/h1-12H,(H,21,22,23). The lowest BCUT2D eigenvalue weighted by molar-refractivity contribution is 0.102. The van der Waals surface area contributed by atoms with Gasteiger partial charge in [0.25, 0.3) is 5.91 Å². The van der Waals surface area contributed by atoms with Gasteiger partial charge in [0, 0.05) is 23.2 Å². The fourth-order valence-corrected chi connectivity index (χ4v) is 2.66. The van der Waals surface area contributed by atoms with Crippen molar-refractivity contribution < 1.29 is 4.79 Å². The van der Waals surface area contributed by atoms with Crippen LogP contribution in [-0.2, 0) is 0 Å². The molecule has 1 amide bonds. The average molecular weight is 299 g/mol. The normalized spacial score (nSPS) is 10.8. The summed E-state index contributed by atoms with van der Waals surface area (Å²) in [6.07, 6.45) is 3.20. The van der Waals surface area contributed by atoms with Gasteiger partial charge in [-0.3, -0.25) is 9.78 Å². The van der Waals surface area contributed by atoms with Crippen LogP contribution in [-0.4, -0.2) is 15.9 Å². The predicted molar refractivity (Wildman–Crippen MR) is 91.4 cm³/mol. The van der Waals surface area contributed by atoms with Crippen LogP contribution in [0.5, 0.6) is 0 Å². The Morgan fingerprint density at radius 2 is 1.48 bits per heavy atom. The minimum Gasteiger partial charge on any atom is -0.321 e. The quantitative estimate of drug-likeness (QED) is 0.568. The maximum atomic E-state index is 12.5. The third-order valence-electron chi connectivity index (χ3n) is 3.75. The predicted octanol–water partition coefficient (Wildman–Crippen LogP) is 4.04. The number of rotatable bonds is 2. The van der Waals surface area contributed by atoms with Gasteiger partial charge < -0.3 is 5.32 Å². The highest BCUT2D eigenvalue weighted by Crippen LogP contribution is 2.30. The van der Waals surface area contributed by atoms with Gasteiger partial charge in [0.05, 0.1) is 22.3 Å². The lowest BCUT2D eigenvalue weighted by atomic mass is 10.1. The molecule has 0 radical (unpaired) electrons. The van der Waals surface area contributed by atoms with Crippen LogP contribution < -0.4 is 5.32 Å². The van der Waals surface area contributed by atoms with Crippen molar-refractivity contribution in [2.75, 3.05) is 5.32 Å². The average Bonchev–Trinajstić information content (AvgIpc) is 2.62. The zero-order valence-corrected chi connectivity index (χ0v) is 12.2. The molecule has 0 saturated carbocycles. The number of para-hydroxylation sites is 2. The molecule has 2 aromatic heterocycles. The Kier molecular flexibility index (Phi) is 3.20. The van der Waals surface area contributed by atoms with Crippen molar-refractivity contribution in [1.29, 1.82) is 0 Å². The van der Waals surface area contributed by atoms with Crippen LogP contribution >= 0.6 is 0 Å². The van der Waals surface area contributed by atoms with Crippen LogP contribution in [0.3, 0.4) is 0 Å². The minimum absolute atomic E-state index is 0.181. The summed E-state index contributed by atoms with van der Waals surface area (Å²) < 4.78 is 0. The third-order valence-corrected chi connectivity index (χ3v) is 3.75. The SMILES string of the molecule is O=C(Nc1c2ccccc2nc2ccccc12)c1cccnc1. The van der Waals surface area contributed by atoms with E-state index in [4.69, 9.17) is 0 Å². The molecule has 4 rings (SSSR count). The monoisotopic (exact) mass is 299 g/mol. The molecule has 23 heavy (non-hydrogen) atoms. The number of carbonyl (C=O) groups excluding carboxylic acids is 1. The van der Waals surface area contributed by atoms with Crippen molar-refractivity contribution in [1.82, 2.24) is 9.97 Å². The van der Waals surface area contributed by atoms with E-state index in [0.29, 0.717) is 5.56 Å². The second kappa shape index (κ2) is 5.50. The molecule has 0 atom stereocenters. The Bertz CT molecular complexity index is 959. The summed E-state index contributed by atoms with van der Waals surface area (Å²) in [5.74, 6) is -0.181. The van der Waals surface area contributed by atoms with E-state index in [1.54, 1.807) is 24.5 Å². The number of nitrogens with one attached hydrogen (secondary N) is 1. The fraction of sp³-hybridized carbons (Fsp3) is 0.